The Balaban J connectivity index is 0.00000306. The fourth-order valence-electron chi connectivity index (χ4n) is 4.72. The van der Waals surface area contributed by atoms with Crippen LogP contribution in [0.2, 0.25) is 5.02 Å². The predicted molar refractivity (Wildman–Crippen MR) is 135 cm³/mol. The van der Waals surface area contributed by atoms with E-state index in [9.17, 15) is 4.79 Å². The van der Waals surface area contributed by atoms with Gasteiger partial charge in [0.25, 0.3) is 0 Å². The number of ether oxygens (including phenoxy) is 1. The van der Waals surface area contributed by atoms with Gasteiger partial charge in [0.1, 0.15) is 5.65 Å². The molecule has 1 saturated heterocycles. The van der Waals surface area contributed by atoms with E-state index in [2.05, 4.69) is 44.0 Å². The molecule has 3 heterocycles. The first kappa shape index (κ1) is 25.5. The molecule has 2 atom stereocenters. The van der Waals surface area contributed by atoms with Crippen molar-refractivity contribution in [2.75, 3.05) is 20.2 Å². The summed E-state index contributed by atoms with van der Waals surface area (Å²) < 4.78 is 7.11. The Morgan fingerprint density at radius 2 is 1.91 bits per heavy atom. The molecule has 0 amide bonds. The summed E-state index contributed by atoms with van der Waals surface area (Å²) in [4.78, 5) is 19.7. The monoisotopic (exact) mass is 489 g/mol. The second kappa shape index (κ2) is 10.5. The van der Waals surface area contributed by atoms with E-state index in [4.69, 9.17) is 21.3 Å². The quantitative estimate of drug-likeness (QED) is 0.433. The Morgan fingerprint density at radius 1 is 1.18 bits per heavy atom. The van der Waals surface area contributed by atoms with Crippen molar-refractivity contribution in [3.8, 4) is 0 Å². The van der Waals surface area contributed by atoms with E-state index in [1.165, 1.54) is 12.7 Å². The van der Waals surface area contributed by atoms with Crippen LogP contribution >= 0.6 is 24.0 Å². The largest absolute Gasteiger partial charge is 0.469 e. The lowest BCUT2D eigenvalue weighted by Crippen LogP contribution is -2.46. The van der Waals surface area contributed by atoms with Gasteiger partial charge in [-0.3, -0.25) is 9.69 Å². The summed E-state index contributed by atoms with van der Waals surface area (Å²) in [6.45, 7) is 9.09. The SMILES string of the molecule is COC(=O)C1CC(C(C)(C)C)CN(Cc2cn3cc(Cl)cc(Cc4ccccc4)c3n2)C1.Cl. The number of methoxy groups -OCH3 is 1. The number of hydrogen-bond acceptors (Lipinski definition) is 4. The zero-order valence-electron chi connectivity index (χ0n) is 19.8. The highest BCUT2D eigenvalue weighted by molar-refractivity contribution is 6.30. The molecule has 3 aromatic rings. The fourth-order valence-corrected chi connectivity index (χ4v) is 4.95. The normalized spacial score (nSPS) is 19.3. The van der Waals surface area contributed by atoms with Gasteiger partial charge in [-0.2, -0.15) is 0 Å². The number of rotatable bonds is 5. The van der Waals surface area contributed by atoms with Crippen LogP contribution in [0.3, 0.4) is 0 Å². The van der Waals surface area contributed by atoms with E-state index >= 15 is 0 Å². The molecule has 1 fully saturated rings. The first-order chi connectivity index (χ1) is 15.2. The number of nitrogens with zero attached hydrogens (tertiary/aromatic N) is 3. The van der Waals surface area contributed by atoms with E-state index in [-0.39, 0.29) is 29.7 Å². The van der Waals surface area contributed by atoms with Crippen LogP contribution in [-0.2, 0) is 22.5 Å². The van der Waals surface area contributed by atoms with Crippen molar-refractivity contribution in [1.82, 2.24) is 14.3 Å². The molecule has 0 N–H and O–H groups in total. The van der Waals surface area contributed by atoms with Gasteiger partial charge in [-0.1, -0.05) is 62.7 Å². The van der Waals surface area contributed by atoms with Gasteiger partial charge in [-0.05, 0) is 29.4 Å². The van der Waals surface area contributed by atoms with Crippen LogP contribution in [-0.4, -0.2) is 40.5 Å². The van der Waals surface area contributed by atoms with Crippen LogP contribution in [0.15, 0.2) is 48.8 Å². The Kier molecular flexibility index (Phi) is 8.09. The average molecular weight is 490 g/mol. The van der Waals surface area contributed by atoms with Crippen LogP contribution < -0.4 is 0 Å². The van der Waals surface area contributed by atoms with Crippen molar-refractivity contribution >= 4 is 35.6 Å². The summed E-state index contributed by atoms with van der Waals surface area (Å²) in [5.74, 6) is 0.203. The maximum absolute atomic E-state index is 12.4. The summed E-state index contributed by atoms with van der Waals surface area (Å²) in [7, 11) is 1.48. The molecule has 0 saturated carbocycles. The van der Waals surface area contributed by atoms with Gasteiger partial charge in [0.05, 0.1) is 23.7 Å². The second-order valence-electron chi connectivity index (χ2n) is 10.0. The minimum absolute atomic E-state index is 0. The van der Waals surface area contributed by atoms with Gasteiger partial charge in [0.15, 0.2) is 0 Å². The lowest BCUT2D eigenvalue weighted by molar-refractivity contribution is -0.149. The zero-order chi connectivity index (χ0) is 22.9. The van der Waals surface area contributed by atoms with Crippen LogP contribution in [0.5, 0.6) is 0 Å². The third-order valence-corrected chi connectivity index (χ3v) is 6.76. The van der Waals surface area contributed by atoms with Crippen LogP contribution in [0.1, 0.15) is 44.0 Å². The fraction of sp³-hybridized carbons (Fsp3) is 0.462. The maximum Gasteiger partial charge on any atom is 0.309 e. The number of piperidine rings is 1. The van der Waals surface area contributed by atoms with Gasteiger partial charge in [-0.15, -0.1) is 12.4 Å². The lowest BCUT2D eigenvalue weighted by Gasteiger charge is -2.42. The Morgan fingerprint density at radius 3 is 2.58 bits per heavy atom. The summed E-state index contributed by atoms with van der Waals surface area (Å²) in [5.41, 5.74) is 4.38. The molecule has 178 valence electrons. The Bertz CT molecular complexity index is 1090. The summed E-state index contributed by atoms with van der Waals surface area (Å²) in [6.07, 6.45) is 5.62. The molecule has 7 heteroatoms. The summed E-state index contributed by atoms with van der Waals surface area (Å²) in [6, 6.07) is 12.4. The molecule has 33 heavy (non-hydrogen) atoms. The number of hydrogen-bond donors (Lipinski definition) is 0. The molecular weight excluding hydrogens is 457 g/mol. The lowest BCUT2D eigenvalue weighted by atomic mass is 9.73. The minimum atomic E-state index is -0.115. The maximum atomic E-state index is 12.4. The van der Waals surface area contributed by atoms with Gasteiger partial charge >= 0.3 is 5.97 Å². The molecule has 5 nitrogen and oxygen atoms in total. The van der Waals surface area contributed by atoms with Gasteiger partial charge in [-0.25, -0.2) is 4.98 Å². The highest BCUT2D eigenvalue weighted by atomic mass is 35.5. The number of pyridine rings is 1. The number of benzene rings is 1. The molecule has 0 bridgehead atoms. The van der Waals surface area contributed by atoms with Crippen molar-refractivity contribution in [2.24, 2.45) is 17.3 Å². The van der Waals surface area contributed by atoms with Gasteiger partial charge in [0, 0.05) is 44.0 Å². The van der Waals surface area contributed by atoms with Gasteiger partial charge < -0.3 is 9.14 Å². The highest BCUT2D eigenvalue weighted by Crippen LogP contribution is 2.36. The highest BCUT2D eigenvalue weighted by Gasteiger charge is 2.37. The summed E-state index contributed by atoms with van der Waals surface area (Å²) in [5, 5.41) is 0.698. The van der Waals surface area contributed by atoms with Crippen molar-refractivity contribution < 1.29 is 9.53 Å². The van der Waals surface area contributed by atoms with Crippen molar-refractivity contribution in [1.29, 1.82) is 0 Å². The van der Waals surface area contributed by atoms with E-state index in [0.29, 0.717) is 24.0 Å². The minimum Gasteiger partial charge on any atom is -0.469 e. The Labute approximate surface area is 207 Å². The standard InChI is InChI=1S/C26H32ClN3O2.ClH/c1-26(2,3)21-11-20(25(31)32-4)13-29(14-21)16-23-17-30-15-22(27)12-19(24(30)28-23)10-18-8-6-5-7-9-18;/h5-9,12,15,17,20-21H,10-11,13-14,16H2,1-4H3;1H. The third-order valence-electron chi connectivity index (χ3n) is 6.55. The molecule has 1 aliphatic heterocycles. The molecule has 0 spiro atoms. The number of fused-ring (bicyclic) bond motifs is 1. The summed E-state index contributed by atoms with van der Waals surface area (Å²) >= 11 is 6.42. The molecule has 1 aromatic carbocycles. The van der Waals surface area contributed by atoms with Gasteiger partial charge in [0.2, 0.25) is 0 Å². The second-order valence-corrected chi connectivity index (χ2v) is 10.5. The molecule has 0 aliphatic carbocycles. The zero-order valence-corrected chi connectivity index (χ0v) is 21.3. The van der Waals surface area contributed by atoms with Crippen molar-refractivity contribution in [3.05, 3.63) is 70.6 Å². The number of carbonyl (C=O) groups excluding carboxylic acids is 1. The van der Waals surface area contributed by atoms with E-state index in [1.54, 1.807) is 0 Å². The van der Waals surface area contributed by atoms with Crippen molar-refractivity contribution in [2.45, 2.75) is 40.2 Å². The molecular formula is C26H33Cl2N3O2. The van der Waals surface area contributed by atoms with E-state index in [1.807, 2.05) is 34.9 Å². The van der Waals surface area contributed by atoms with Crippen LogP contribution in [0, 0.1) is 17.3 Å². The topological polar surface area (TPSA) is 46.8 Å². The predicted octanol–water partition coefficient (Wildman–Crippen LogP) is 5.66. The van der Waals surface area contributed by atoms with E-state index in [0.717, 1.165) is 36.3 Å². The number of imidazole rings is 1. The number of halogens is 2. The van der Waals surface area contributed by atoms with Crippen molar-refractivity contribution in [3.63, 3.8) is 0 Å². The molecule has 2 unspecified atom stereocenters. The Hall–Kier alpha value is -2.08. The average Bonchev–Trinajstić information content (AvgIpc) is 3.15. The molecule has 1 aliphatic rings. The number of carbonyl (C=O) groups is 1. The smallest absolute Gasteiger partial charge is 0.309 e. The third kappa shape index (κ3) is 6.08. The molecule has 0 radical (unpaired) electrons. The first-order valence-corrected chi connectivity index (χ1v) is 11.6. The van der Waals surface area contributed by atoms with E-state index < -0.39 is 0 Å². The molecule has 2 aromatic heterocycles. The molecule has 4 rings (SSSR count). The number of aromatic nitrogens is 2. The number of esters is 1. The van der Waals surface area contributed by atoms with Crippen LogP contribution in [0.4, 0.5) is 0 Å². The number of likely N-dealkylation sites (tertiary alicyclic amines) is 1. The van der Waals surface area contributed by atoms with Crippen LogP contribution in [0.25, 0.3) is 5.65 Å². The first-order valence-electron chi connectivity index (χ1n) is 11.2.